The summed E-state index contributed by atoms with van der Waals surface area (Å²) in [4.78, 5) is 12.3. The number of nitrogen functional groups attached to an aromatic ring is 1. The monoisotopic (exact) mass is 259 g/mol. The fourth-order valence-electron chi connectivity index (χ4n) is 1.40. The molecule has 0 saturated heterocycles. The van der Waals surface area contributed by atoms with Crippen LogP contribution in [0, 0.1) is 0 Å². The van der Waals surface area contributed by atoms with E-state index in [2.05, 4.69) is 17.4 Å². The highest BCUT2D eigenvalue weighted by atomic mass is 32.1. The van der Waals surface area contributed by atoms with Gasteiger partial charge >= 0.3 is 0 Å². The normalized spacial score (nSPS) is 9.78. The highest BCUT2D eigenvalue weighted by molar-refractivity contribution is 7.12. The summed E-state index contributed by atoms with van der Waals surface area (Å²) in [5, 5.41) is 1.85. The average molecular weight is 259 g/mol. The van der Waals surface area contributed by atoms with Crippen LogP contribution in [0.5, 0.6) is 0 Å². The standard InChI is InChI=1S/C13H13N3OS/c1-9(10-4-2-5-11(14)8-10)15-16-13(17)12-6-3-7-18-12/h2-8,15H,1,14H2,(H,16,17). The van der Waals surface area contributed by atoms with Crippen molar-refractivity contribution in [2.45, 2.75) is 0 Å². The van der Waals surface area contributed by atoms with E-state index in [1.165, 1.54) is 11.3 Å². The summed E-state index contributed by atoms with van der Waals surface area (Å²) in [6.45, 7) is 3.84. The van der Waals surface area contributed by atoms with Gasteiger partial charge in [-0.25, -0.2) is 0 Å². The Hall–Kier alpha value is -2.27. The predicted octanol–water partition coefficient (Wildman–Crippen LogP) is 2.24. The Labute approximate surface area is 109 Å². The zero-order chi connectivity index (χ0) is 13.0. The highest BCUT2D eigenvalue weighted by Crippen LogP contribution is 2.13. The number of nitrogens with two attached hydrogens (primary N) is 1. The molecule has 92 valence electrons. The van der Waals surface area contributed by atoms with Crippen LogP contribution in [0.1, 0.15) is 15.2 Å². The molecule has 0 spiro atoms. The molecule has 1 heterocycles. The van der Waals surface area contributed by atoms with Crippen LogP contribution in [-0.4, -0.2) is 5.91 Å². The quantitative estimate of drug-likeness (QED) is 0.582. The van der Waals surface area contributed by atoms with Crippen molar-refractivity contribution in [3.05, 3.63) is 58.8 Å². The minimum atomic E-state index is -0.185. The Kier molecular flexibility index (Phi) is 3.64. The number of rotatable bonds is 4. The first-order chi connectivity index (χ1) is 8.66. The van der Waals surface area contributed by atoms with Crippen molar-refractivity contribution in [3.63, 3.8) is 0 Å². The molecule has 18 heavy (non-hydrogen) atoms. The highest BCUT2D eigenvalue weighted by Gasteiger charge is 2.06. The number of amides is 1. The summed E-state index contributed by atoms with van der Waals surface area (Å²) in [6.07, 6.45) is 0. The molecule has 0 fully saturated rings. The predicted molar refractivity (Wildman–Crippen MR) is 74.8 cm³/mol. The van der Waals surface area contributed by atoms with Crippen molar-refractivity contribution in [1.82, 2.24) is 10.9 Å². The molecule has 0 bridgehead atoms. The molecule has 1 aromatic heterocycles. The lowest BCUT2D eigenvalue weighted by atomic mass is 10.1. The minimum Gasteiger partial charge on any atom is -0.399 e. The number of hydrogen-bond acceptors (Lipinski definition) is 4. The number of hydrazine groups is 1. The number of nitrogens with one attached hydrogen (secondary N) is 2. The smallest absolute Gasteiger partial charge is 0.279 e. The summed E-state index contributed by atoms with van der Waals surface area (Å²) in [5.41, 5.74) is 13.1. The molecule has 0 unspecified atom stereocenters. The molecule has 0 radical (unpaired) electrons. The summed E-state index contributed by atoms with van der Waals surface area (Å²) < 4.78 is 0. The molecular weight excluding hydrogens is 246 g/mol. The van der Waals surface area contributed by atoms with E-state index in [1.807, 2.05) is 23.6 Å². The van der Waals surface area contributed by atoms with E-state index >= 15 is 0 Å². The number of carbonyl (C=O) groups excluding carboxylic acids is 1. The average Bonchev–Trinajstić information content (AvgIpc) is 2.89. The Morgan fingerprint density at radius 2 is 2.06 bits per heavy atom. The number of hydrogen-bond donors (Lipinski definition) is 3. The van der Waals surface area contributed by atoms with E-state index in [0.29, 0.717) is 16.3 Å². The van der Waals surface area contributed by atoms with Gasteiger partial charge in [0.05, 0.1) is 10.6 Å². The molecule has 0 aliphatic rings. The molecule has 0 aliphatic carbocycles. The van der Waals surface area contributed by atoms with Gasteiger partial charge in [0.2, 0.25) is 0 Å². The van der Waals surface area contributed by atoms with Crippen molar-refractivity contribution < 1.29 is 4.79 Å². The van der Waals surface area contributed by atoms with Crippen molar-refractivity contribution in [2.24, 2.45) is 0 Å². The van der Waals surface area contributed by atoms with Crippen LogP contribution in [0.2, 0.25) is 0 Å². The van der Waals surface area contributed by atoms with Gasteiger partial charge in [-0.05, 0) is 23.6 Å². The van der Waals surface area contributed by atoms with Gasteiger partial charge in [-0.2, -0.15) is 0 Å². The topological polar surface area (TPSA) is 67.1 Å². The van der Waals surface area contributed by atoms with Gasteiger partial charge in [0, 0.05) is 11.3 Å². The molecule has 2 rings (SSSR count). The SMILES string of the molecule is C=C(NNC(=O)c1cccs1)c1cccc(N)c1. The Balaban J connectivity index is 1.95. The Bertz CT molecular complexity index is 563. The van der Waals surface area contributed by atoms with Crippen molar-refractivity contribution >= 4 is 28.6 Å². The zero-order valence-electron chi connectivity index (χ0n) is 9.64. The first kappa shape index (κ1) is 12.2. The Morgan fingerprint density at radius 3 is 2.72 bits per heavy atom. The maximum atomic E-state index is 11.7. The second-order valence-electron chi connectivity index (χ2n) is 3.66. The van der Waals surface area contributed by atoms with Gasteiger partial charge in [0.15, 0.2) is 0 Å². The molecule has 0 saturated carbocycles. The van der Waals surface area contributed by atoms with E-state index in [1.54, 1.807) is 18.2 Å². The lowest BCUT2D eigenvalue weighted by Crippen LogP contribution is -2.35. The van der Waals surface area contributed by atoms with Crippen molar-refractivity contribution in [2.75, 3.05) is 5.73 Å². The maximum absolute atomic E-state index is 11.7. The molecule has 4 nitrogen and oxygen atoms in total. The van der Waals surface area contributed by atoms with Gasteiger partial charge < -0.3 is 5.73 Å². The number of carbonyl (C=O) groups is 1. The van der Waals surface area contributed by atoms with Crippen LogP contribution in [0.25, 0.3) is 5.70 Å². The molecular formula is C13H13N3OS. The third-order valence-electron chi connectivity index (χ3n) is 2.31. The summed E-state index contributed by atoms with van der Waals surface area (Å²) in [7, 11) is 0. The lowest BCUT2D eigenvalue weighted by molar-refractivity contribution is 0.0946. The molecule has 4 N–H and O–H groups in total. The van der Waals surface area contributed by atoms with E-state index in [4.69, 9.17) is 5.73 Å². The molecule has 0 atom stereocenters. The summed E-state index contributed by atoms with van der Waals surface area (Å²) in [5.74, 6) is -0.185. The third kappa shape index (κ3) is 2.89. The molecule has 1 amide bonds. The van der Waals surface area contributed by atoms with Crippen LogP contribution in [0.4, 0.5) is 5.69 Å². The molecule has 5 heteroatoms. The first-order valence-corrected chi connectivity index (χ1v) is 6.19. The van der Waals surface area contributed by atoms with Crippen LogP contribution in [0.3, 0.4) is 0 Å². The van der Waals surface area contributed by atoms with Gasteiger partial charge in [-0.1, -0.05) is 24.8 Å². The number of anilines is 1. The number of thiophene rings is 1. The van der Waals surface area contributed by atoms with E-state index in [9.17, 15) is 4.79 Å². The lowest BCUT2D eigenvalue weighted by Gasteiger charge is -2.10. The summed E-state index contributed by atoms with van der Waals surface area (Å²) in [6, 6.07) is 10.9. The van der Waals surface area contributed by atoms with Gasteiger partial charge in [-0.3, -0.25) is 15.6 Å². The van der Waals surface area contributed by atoms with Crippen molar-refractivity contribution in [1.29, 1.82) is 0 Å². The second-order valence-corrected chi connectivity index (χ2v) is 4.61. The van der Waals surface area contributed by atoms with Crippen LogP contribution in [-0.2, 0) is 0 Å². The first-order valence-electron chi connectivity index (χ1n) is 5.31. The van der Waals surface area contributed by atoms with E-state index in [-0.39, 0.29) is 5.91 Å². The van der Waals surface area contributed by atoms with Crippen LogP contribution >= 0.6 is 11.3 Å². The fraction of sp³-hybridized carbons (Fsp3) is 0. The zero-order valence-corrected chi connectivity index (χ0v) is 10.5. The largest absolute Gasteiger partial charge is 0.399 e. The van der Waals surface area contributed by atoms with Crippen molar-refractivity contribution in [3.8, 4) is 0 Å². The molecule has 0 aliphatic heterocycles. The minimum absolute atomic E-state index is 0.185. The molecule has 2 aromatic rings. The van der Waals surface area contributed by atoms with Gasteiger partial charge in [-0.15, -0.1) is 11.3 Å². The van der Waals surface area contributed by atoms with Gasteiger partial charge in [0.25, 0.3) is 5.91 Å². The number of benzene rings is 1. The summed E-state index contributed by atoms with van der Waals surface area (Å²) >= 11 is 1.38. The van der Waals surface area contributed by atoms with E-state index < -0.39 is 0 Å². The maximum Gasteiger partial charge on any atom is 0.279 e. The fourth-order valence-corrected chi connectivity index (χ4v) is 2.02. The second kappa shape index (κ2) is 5.37. The van der Waals surface area contributed by atoms with Crippen LogP contribution < -0.4 is 16.6 Å². The third-order valence-corrected chi connectivity index (χ3v) is 3.18. The van der Waals surface area contributed by atoms with Gasteiger partial charge in [0.1, 0.15) is 0 Å². The van der Waals surface area contributed by atoms with Crippen LogP contribution in [0.15, 0.2) is 48.4 Å². The Morgan fingerprint density at radius 1 is 1.22 bits per heavy atom. The molecule has 1 aromatic carbocycles. The van der Waals surface area contributed by atoms with E-state index in [0.717, 1.165) is 5.56 Å².